The molecule has 1 aliphatic heterocycles. The number of oxime groups is 1. The molecule has 0 unspecified atom stereocenters. The highest BCUT2D eigenvalue weighted by Crippen LogP contribution is 2.28. The van der Waals surface area contributed by atoms with Crippen molar-refractivity contribution in [2.24, 2.45) is 16.8 Å². The number of nitrogens with zero attached hydrogens (tertiary/aromatic N) is 2. The third-order valence-corrected chi connectivity index (χ3v) is 4.24. The quantitative estimate of drug-likeness (QED) is 0.379. The highest BCUT2D eigenvalue weighted by atomic mass is 32.1. The Morgan fingerprint density at radius 3 is 2.84 bits per heavy atom. The highest BCUT2D eigenvalue weighted by Gasteiger charge is 2.27. The molecule has 0 bridgehead atoms. The number of hydrogen-bond acceptors (Lipinski definition) is 5. The van der Waals surface area contributed by atoms with Crippen molar-refractivity contribution in [1.29, 1.82) is 0 Å². The second kappa shape index (κ2) is 5.92. The number of amidine groups is 1. The average molecular weight is 283 g/mol. The van der Waals surface area contributed by atoms with E-state index < -0.39 is 0 Å². The van der Waals surface area contributed by atoms with Crippen LogP contribution < -0.4 is 10.5 Å². The highest BCUT2D eigenvalue weighted by molar-refractivity contribution is 7.12. The fraction of sp³-hybridized carbons (Fsp3) is 0.500. The summed E-state index contributed by atoms with van der Waals surface area (Å²) in [4.78, 5) is 14.7. The van der Waals surface area contributed by atoms with Crippen molar-refractivity contribution in [3.8, 4) is 5.75 Å². The number of piperidine rings is 1. The summed E-state index contributed by atoms with van der Waals surface area (Å²) < 4.78 is 5.16. The lowest BCUT2D eigenvalue weighted by atomic mass is 9.96. The largest absolute Gasteiger partial charge is 0.495 e. The molecular weight excluding hydrogens is 266 g/mol. The number of hydrogen-bond donors (Lipinski definition) is 2. The molecule has 3 N–H and O–H groups in total. The van der Waals surface area contributed by atoms with Crippen LogP contribution in [-0.2, 0) is 0 Å². The normalized spacial score (nSPS) is 17.5. The Morgan fingerprint density at radius 2 is 2.26 bits per heavy atom. The lowest BCUT2D eigenvalue weighted by Gasteiger charge is -2.31. The van der Waals surface area contributed by atoms with Gasteiger partial charge in [0.1, 0.15) is 16.5 Å². The van der Waals surface area contributed by atoms with Crippen LogP contribution in [0.4, 0.5) is 0 Å². The predicted octanol–water partition coefficient (Wildman–Crippen LogP) is 1.36. The topological polar surface area (TPSA) is 88.2 Å². The standard InChI is InChI=1S/C12H17N3O3S/c1-18-9-4-7-19-10(9)12(16)15-5-2-8(3-6-15)11(13)14-17/h4,7-8,17H,2-3,5-6H2,1H3,(H2,13,14). The number of methoxy groups -OCH3 is 1. The molecule has 19 heavy (non-hydrogen) atoms. The molecule has 0 radical (unpaired) electrons. The third kappa shape index (κ3) is 2.81. The first-order valence-electron chi connectivity index (χ1n) is 6.05. The first-order valence-corrected chi connectivity index (χ1v) is 6.93. The molecule has 0 saturated carbocycles. The maximum atomic E-state index is 12.3. The van der Waals surface area contributed by atoms with Crippen LogP contribution >= 0.6 is 11.3 Å². The monoisotopic (exact) mass is 283 g/mol. The van der Waals surface area contributed by atoms with Crippen LogP contribution in [0.2, 0.25) is 0 Å². The van der Waals surface area contributed by atoms with Gasteiger partial charge >= 0.3 is 0 Å². The van der Waals surface area contributed by atoms with Crippen LogP contribution in [0.15, 0.2) is 16.6 Å². The van der Waals surface area contributed by atoms with Crippen LogP contribution in [0, 0.1) is 5.92 Å². The van der Waals surface area contributed by atoms with E-state index in [1.807, 2.05) is 5.38 Å². The van der Waals surface area contributed by atoms with E-state index in [-0.39, 0.29) is 17.7 Å². The van der Waals surface area contributed by atoms with Gasteiger partial charge in [0.2, 0.25) is 0 Å². The van der Waals surface area contributed by atoms with E-state index in [0.717, 1.165) is 12.8 Å². The summed E-state index contributed by atoms with van der Waals surface area (Å²) in [5.74, 6) is 0.915. The molecule has 0 spiro atoms. The molecule has 6 nitrogen and oxygen atoms in total. The Kier molecular flexibility index (Phi) is 4.26. The van der Waals surface area contributed by atoms with Crippen LogP contribution in [0.1, 0.15) is 22.5 Å². The van der Waals surface area contributed by atoms with Gasteiger partial charge in [-0.05, 0) is 24.3 Å². The van der Waals surface area contributed by atoms with Crippen LogP contribution in [0.25, 0.3) is 0 Å². The Morgan fingerprint density at radius 1 is 1.58 bits per heavy atom. The van der Waals surface area contributed by atoms with E-state index in [0.29, 0.717) is 23.7 Å². The zero-order valence-corrected chi connectivity index (χ0v) is 11.5. The number of rotatable bonds is 3. The van der Waals surface area contributed by atoms with Gasteiger partial charge in [0.15, 0.2) is 0 Å². The Hall–Kier alpha value is -1.76. The van der Waals surface area contributed by atoms with E-state index >= 15 is 0 Å². The second-order valence-corrected chi connectivity index (χ2v) is 5.33. The number of likely N-dealkylation sites (tertiary alicyclic amines) is 1. The fourth-order valence-corrected chi connectivity index (χ4v) is 3.04. The van der Waals surface area contributed by atoms with Crippen molar-refractivity contribution in [1.82, 2.24) is 4.90 Å². The lowest BCUT2D eigenvalue weighted by Crippen LogP contribution is -2.41. The molecule has 0 aromatic carbocycles. The van der Waals surface area contributed by atoms with Gasteiger partial charge in [-0.15, -0.1) is 11.3 Å². The van der Waals surface area contributed by atoms with Gasteiger partial charge < -0.3 is 20.6 Å². The zero-order valence-electron chi connectivity index (χ0n) is 10.7. The number of carbonyl (C=O) groups is 1. The van der Waals surface area contributed by atoms with Gasteiger partial charge in [-0.25, -0.2) is 0 Å². The first kappa shape index (κ1) is 13.7. The SMILES string of the molecule is COc1ccsc1C(=O)N1CCC(/C(N)=N/O)CC1. The van der Waals surface area contributed by atoms with Crippen molar-refractivity contribution >= 4 is 23.1 Å². The van der Waals surface area contributed by atoms with Gasteiger partial charge in [0, 0.05) is 19.0 Å². The molecule has 1 aromatic heterocycles. The molecule has 1 fully saturated rings. The second-order valence-electron chi connectivity index (χ2n) is 4.41. The average Bonchev–Trinajstić information content (AvgIpc) is 2.94. The summed E-state index contributed by atoms with van der Waals surface area (Å²) >= 11 is 1.38. The summed E-state index contributed by atoms with van der Waals surface area (Å²) in [6.07, 6.45) is 1.44. The van der Waals surface area contributed by atoms with Crippen molar-refractivity contribution in [3.05, 3.63) is 16.3 Å². The molecule has 7 heteroatoms. The smallest absolute Gasteiger partial charge is 0.267 e. The van der Waals surface area contributed by atoms with Crippen LogP contribution in [0.5, 0.6) is 5.75 Å². The molecule has 1 saturated heterocycles. The lowest BCUT2D eigenvalue weighted by molar-refractivity contribution is 0.0711. The first-order chi connectivity index (χ1) is 9.17. The number of ether oxygens (including phenoxy) is 1. The van der Waals surface area contributed by atoms with Crippen molar-refractivity contribution < 1.29 is 14.7 Å². The molecule has 0 aliphatic carbocycles. The third-order valence-electron chi connectivity index (χ3n) is 3.36. The number of carbonyl (C=O) groups excluding carboxylic acids is 1. The molecule has 1 aliphatic rings. The van der Waals surface area contributed by atoms with E-state index in [9.17, 15) is 4.79 Å². The minimum atomic E-state index is -0.00944. The molecule has 0 atom stereocenters. The summed E-state index contributed by atoms with van der Waals surface area (Å²) in [5.41, 5.74) is 5.59. The van der Waals surface area contributed by atoms with Crippen molar-refractivity contribution in [2.45, 2.75) is 12.8 Å². The minimum absolute atomic E-state index is 0.00944. The molecular formula is C12H17N3O3S. The van der Waals surface area contributed by atoms with Crippen LogP contribution in [-0.4, -0.2) is 42.0 Å². The van der Waals surface area contributed by atoms with E-state index in [2.05, 4.69) is 5.16 Å². The van der Waals surface area contributed by atoms with Gasteiger partial charge in [-0.1, -0.05) is 5.16 Å². The molecule has 2 heterocycles. The maximum absolute atomic E-state index is 12.3. The molecule has 1 amide bonds. The van der Waals surface area contributed by atoms with E-state index in [4.69, 9.17) is 15.7 Å². The van der Waals surface area contributed by atoms with E-state index in [1.54, 1.807) is 18.1 Å². The predicted molar refractivity (Wildman–Crippen MR) is 72.9 cm³/mol. The summed E-state index contributed by atoms with van der Waals surface area (Å²) in [5, 5.41) is 13.5. The fourth-order valence-electron chi connectivity index (χ4n) is 2.22. The minimum Gasteiger partial charge on any atom is -0.495 e. The van der Waals surface area contributed by atoms with Crippen LogP contribution in [0.3, 0.4) is 0 Å². The molecule has 104 valence electrons. The molecule has 2 rings (SSSR count). The van der Waals surface area contributed by atoms with Gasteiger partial charge in [-0.2, -0.15) is 0 Å². The Balaban J connectivity index is 2.00. The van der Waals surface area contributed by atoms with Gasteiger partial charge in [0.05, 0.1) is 7.11 Å². The van der Waals surface area contributed by atoms with Gasteiger partial charge in [-0.3, -0.25) is 4.79 Å². The van der Waals surface area contributed by atoms with E-state index in [1.165, 1.54) is 11.3 Å². The number of nitrogens with two attached hydrogens (primary N) is 1. The Bertz CT molecular complexity index is 478. The zero-order chi connectivity index (χ0) is 13.8. The number of amides is 1. The number of thiophene rings is 1. The summed E-state index contributed by atoms with van der Waals surface area (Å²) in [6.45, 7) is 1.22. The summed E-state index contributed by atoms with van der Waals surface area (Å²) in [6, 6.07) is 1.79. The van der Waals surface area contributed by atoms with Gasteiger partial charge in [0.25, 0.3) is 5.91 Å². The summed E-state index contributed by atoms with van der Waals surface area (Å²) in [7, 11) is 1.56. The Labute approximate surface area is 115 Å². The molecule has 1 aromatic rings. The maximum Gasteiger partial charge on any atom is 0.267 e. The van der Waals surface area contributed by atoms with Crippen molar-refractivity contribution in [3.63, 3.8) is 0 Å². The van der Waals surface area contributed by atoms with Crippen molar-refractivity contribution in [2.75, 3.05) is 20.2 Å².